The molecule has 0 radical (unpaired) electrons. The molecule has 0 aromatic carbocycles. The van der Waals surface area contributed by atoms with Gasteiger partial charge in [0.25, 0.3) is 0 Å². The molecule has 1 aliphatic rings. The lowest BCUT2D eigenvalue weighted by Crippen LogP contribution is -2.46. The summed E-state index contributed by atoms with van der Waals surface area (Å²) < 4.78 is 0. The molecule has 1 aromatic rings. The summed E-state index contributed by atoms with van der Waals surface area (Å²) in [5, 5.41) is 9.43. The fourth-order valence-electron chi connectivity index (χ4n) is 2.01. The number of piperidine rings is 1. The Hall–Kier alpha value is -0.360. The summed E-state index contributed by atoms with van der Waals surface area (Å²) in [5.74, 6) is 0.0895. The van der Waals surface area contributed by atoms with Crippen LogP contribution in [0.5, 0.6) is 0 Å². The standard InChI is InChI=1S/C12H19N3OS.2ClH/c1-2-12-15-10(8-17-12)6-11(16)14-9-4-3-5-13-7-9;;/h8-9,13H,2-7H2,1H3,(H,14,16);2*1H/t9-;;/m0../s1. The molecular weight excluding hydrogens is 305 g/mol. The van der Waals surface area contributed by atoms with Gasteiger partial charge in [-0.15, -0.1) is 36.2 Å². The number of hydrogen-bond acceptors (Lipinski definition) is 4. The summed E-state index contributed by atoms with van der Waals surface area (Å²) in [4.78, 5) is 16.2. The summed E-state index contributed by atoms with van der Waals surface area (Å²) in [6.45, 7) is 4.04. The van der Waals surface area contributed by atoms with Gasteiger partial charge in [-0.3, -0.25) is 4.79 Å². The predicted molar refractivity (Wildman–Crippen MR) is 83.7 cm³/mol. The third kappa shape index (κ3) is 6.08. The molecule has 1 atom stereocenters. The van der Waals surface area contributed by atoms with Gasteiger partial charge in [-0.05, 0) is 25.8 Å². The summed E-state index contributed by atoms with van der Waals surface area (Å²) >= 11 is 1.63. The molecule has 1 saturated heterocycles. The number of thiazole rings is 1. The molecule has 4 nitrogen and oxygen atoms in total. The number of carbonyl (C=O) groups is 1. The molecule has 19 heavy (non-hydrogen) atoms. The Labute approximate surface area is 130 Å². The largest absolute Gasteiger partial charge is 0.352 e. The van der Waals surface area contributed by atoms with Crippen LogP contribution < -0.4 is 10.6 Å². The van der Waals surface area contributed by atoms with Crippen LogP contribution in [0.25, 0.3) is 0 Å². The first-order valence-electron chi connectivity index (χ1n) is 6.21. The van der Waals surface area contributed by atoms with Crippen LogP contribution in [0.2, 0.25) is 0 Å². The van der Waals surface area contributed by atoms with Gasteiger partial charge in [-0.1, -0.05) is 6.92 Å². The van der Waals surface area contributed by atoms with E-state index in [4.69, 9.17) is 0 Å². The number of aromatic nitrogens is 1. The molecule has 110 valence electrons. The predicted octanol–water partition coefficient (Wildman–Crippen LogP) is 1.96. The number of hydrogen-bond donors (Lipinski definition) is 2. The summed E-state index contributed by atoms with van der Waals surface area (Å²) in [6.07, 6.45) is 3.57. The van der Waals surface area contributed by atoms with Gasteiger partial charge in [-0.2, -0.15) is 0 Å². The van der Waals surface area contributed by atoms with E-state index in [1.807, 2.05) is 5.38 Å². The maximum Gasteiger partial charge on any atom is 0.226 e. The molecule has 0 aliphatic carbocycles. The average Bonchev–Trinajstić information content (AvgIpc) is 2.78. The first-order chi connectivity index (χ1) is 8.28. The molecule has 0 bridgehead atoms. The number of nitrogens with zero attached hydrogens (tertiary/aromatic N) is 1. The van der Waals surface area contributed by atoms with E-state index < -0.39 is 0 Å². The van der Waals surface area contributed by atoms with E-state index >= 15 is 0 Å². The molecule has 0 spiro atoms. The Balaban J connectivity index is 0.00000162. The van der Waals surface area contributed by atoms with Crippen molar-refractivity contribution < 1.29 is 4.79 Å². The zero-order valence-electron chi connectivity index (χ0n) is 11.0. The number of nitrogens with one attached hydrogen (secondary N) is 2. The van der Waals surface area contributed by atoms with E-state index in [2.05, 4.69) is 22.5 Å². The summed E-state index contributed by atoms with van der Waals surface area (Å²) in [6, 6.07) is 0.292. The normalized spacial score (nSPS) is 18.1. The fourth-order valence-corrected chi connectivity index (χ4v) is 2.76. The lowest BCUT2D eigenvalue weighted by molar-refractivity contribution is -0.121. The van der Waals surface area contributed by atoms with Crippen LogP contribution in [-0.4, -0.2) is 30.0 Å². The molecule has 7 heteroatoms. The molecule has 1 amide bonds. The van der Waals surface area contributed by atoms with Crippen LogP contribution in [0.1, 0.15) is 30.5 Å². The van der Waals surface area contributed by atoms with E-state index in [-0.39, 0.29) is 30.7 Å². The van der Waals surface area contributed by atoms with Gasteiger partial charge >= 0.3 is 0 Å². The highest BCUT2D eigenvalue weighted by atomic mass is 35.5. The van der Waals surface area contributed by atoms with Crippen LogP contribution in [-0.2, 0) is 17.6 Å². The van der Waals surface area contributed by atoms with Crippen molar-refractivity contribution in [2.24, 2.45) is 0 Å². The Morgan fingerprint density at radius 2 is 2.37 bits per heavy atom. The maximum absolute atomic E-state index is 11.8. The topological polar surface area (TPSA) is 54.0 Å². The molecular formula is C12H21Cl2N3OS. The van der Waals surface area contributed by atoms with Crippen LogP contribution in [0, 0.1) is 0 Å². The van der Waals surface area contributed by atoms with Crippen molar-refractivity contribution in [3.8, 4) is 0 Å². The fraction of sp³-hybridized carbons (Fsp3) is 0.667. The zero-order valence-corrected chi connectivity index (χ0v) is 13.4. The minimum absolute atomic E-state index is 0. The Bertz CT molecular complexity index is 381. The minimum Gasteiger partial charge on any atom is -0.352 e. The SMILES string of the molecule is CCc1nc(CC(=O)N[C@H]2CCCNC2)cs1.Cl.Cl. The van der Waals surface area contributed by atoms with E-state index in [0.717, 1.165) is 43.1 Å². The zero-order chi connectivity index (χ0) is 12.1. The number of carbonyl (C=O) groups excluding carboxylic acids is 1. The van der Waals surface area contributed by atoms with Gasteiger partial charge in [-0.25, -0.2) is 4.98 Å². The van der Waals surface area contributed by atoms with Crippen LogP contribution in [0.3, 0.4) is 0 Å². The highest BCUT2D eigenvalue weighted by molar-refractivity contribution is 7.09. The van der Waals surface area contributed by atoms with Crippen LogP contribution >= 0.6 is 36.2 Å². The molecule has 2 rings (SSSR count). The highest BCUT2D eigenvalue weighted by Crippen LogP contribution is 2.11. The Kier molecular flexibility index (Phi) is 9.35. The first-order valence-corrected chi connectivity index (χ1v) is 7.09. The monoisotopic (exact) mass is 325 g/mol. The Morgan fingerprint density at radius 3 is 2.95 bits per heavy atom. The molecule has 1 aromatic heterocycles. The maximum atomic E-state index is 11.8. The van der Waals surface area contributed by atoms with Gasteiger partial charge in [0, 0.05) is 18.0 Å². The average molecular weight is 326 g/mol. The van der Waals surface area contributed by atoms with Crippen molar-refractivity contribution in [3.63, 3.8) is 0 Å². The lowest BCUT2D eigenvalue weighted by Gasteiger charge is -2.23. The van der Waals surface area contributed by atoms with E-state index in [1.54, 1.807) is 11.3 Å². The van der Waals surface area contributed by atoms with Crippen molar-refractivity contribution in [3.05, 3.63) is 16.1 Å². The Morgan fingerprint density at radius 1 is 1.58 bits per heavy atom. The number of amides is 1. The molecule has 1 fully saturated rings. The van der Waals surface area contributed by atoms with Crippen molar-refractivity contribution in [1.29, 1.82) is 0 Å². The van der Waals surface area contributed by atoms with Gasteiger partial charge in [0.1, 0.15) is 0 Å². The van der Waals surface area contributed by atoms with Crippen molar-refractivity contribution in [1.82, 2.24) is 15.6 Å². The molecule has 0 unspecified atom stereocenters. The van der Waals surface area contributed by atoms with Crippen molar-refractivity contribution in [2.45, 2.75) is 38.6 Å². The number of aryl methyl sites for hydroxylation is 1. The van der Waals surface area contributed by atoms with Crippen LogP contribution in [0.4, 0.5) is 0 Å². The van der Waals surface area contributed by atoms with Gasteiger partial charge in [0.15, 0.2) is 0 Å². The van der Waals surface area contributed by atoms with Gasteiger partial charge in [0.05, 0.1) is 17.1 Å². The minimum atomic E-state index is 0. The third-order valence-corrected chi connectivity index (χ3v) is 3.95. The molecule has 2 N–H and O–H groups in total. The summed E-state index contributed by atoms with van der Waals surface area (Å²) in [5.41, 5.74) is 0.896. The first kappa shape index (κ1) is 18.6. The van der Waals surface area contributed by atoms with Crippen molar-refractivity contribution in [2.75, 3.05) is 13.1 Å². The molecule has 1 aliphatic heterocycles. The number of halogens is 2. The van der Waals surface area contributed by atoms with Crippen molar-refractivity contribution >= 4 is 42.1 Å². The van der Waals surface area contributed by atoms with Crippen LogP contribution in [0.15, 0.2) is 5.38 Å². The van der Waals surface area contributed by atoms with E-state index in [0.29, 0.717) is 12.5 Å². The van der Waals surface area contributed by atoms with E-state index in [1.165, 1.54) is 0 Å². The highest BCUT2D eigenvalue weighted by Gasteiger charge is 2.16. The summed E-state index contributed by atoms with van der Waals surface area (Å²) in [7, 11) is 0. The second-order valence-electron chi connectivity index (χ2n) is 4.37. The second-order valence-corrected chi connectivity index (χ2v) is 5.32. The third-order valence-electron chi connectivity index (χ3n) is 2.91. The van der Waals surface area contributed by atoms with Gasteiger partial charge in [0.2, 0.25) is 5.91 Å². The lowest BCUT2D eigenvalue weighted by atomic mass is 10.1. The van der Waals surface area contributed by atoms with E-state index in [9.17, 15) is 4.79 Å². The second kappa shape index (κ2) is 9.53. The van der Waals surface area contributed by atoms with Gasteiger partial charge < -0.3 is 10.6 Å². The molecule has 0 saturated carbocycles. The quantitative estimate of drug-likeness (QED) is 0.889. The molecule has 2 heterocycles. The number of rotatable bonds is 4. The smallest absolute Gasteiger partial charge is 0.226 e.